The number of alkyl carbamates (subject to hydrolysis) is 1. The van der Waals surface area contributed by atoms with E-state index in [4.69, 9.17) is 19.9 Å². The summed E-state index contributed by atoms with van der Waals surface area (Å²) in [6, 6.07) is 8.97. The van der Waals surface area contributed by atoms with Crippen molar-refractivity contribution in [3.63, 3.8) is 0 Å². The number of nitrogens with one attached hydrogen (secondary N) is 1. The SMILES string of the molecule is COC(=O)c1c(O)cccc1OCCN.COC(=O)c1c(O)cccc1OCCNC(=O)OC(C)(C)C.Cl. The van der Waals surface area contributed by atoms with Gasteiger partial charge in [-0.3, -0.25) is 0 Å². The molecule has 0 heterocycles. The number of aromatic hydroxyl groups is 2. The number of rotatable bonds is 9. The molecule has 38 heavy (non-hydrogen) atoms. The summed E-state index contributed by atoms with van der Waals surface area (Å²) in [5.74, 6) is -1.29. The van der Waals surface area contributed by atoms with E-state index in [2.05, 4.69) is 14.8 Å². The number of phenols is 2. The normalized spacial score (nSPS) is 10.1. The Morgan fingerprint density at radius 3 is 1.68 bits per heavy atom. The van der Waals surface area contributed by atoms with Gasteiger partial charge in [-0.15, -0.1) is 12.4 Å². The van der Waals surface area contributed by atoms with Gasteiger partial charge in [0.25, 0.3) is 0 Å². The highest BCUT2D eigenvalue weighted by Crippen LogP contribution is 2.29. The van der Waals surface area contributed by atoms with Gasteiger partial charge in [0.05, 0.1) is 20.8 Å². The predicted octanol–water partition coefficient (Wildman–Crippen LogP) is 3.02. The lowest BCUT2D eigenvalue weighted by molar-refractivity contribution is 0.0514. The quantitative estimate of drug-likeness (QED) is 0.202. The topological polar surface area (TPSA) is 176 Å². The summed E-state index contributed by atoms with van der Waals surface area (Å²) < 4.78 is 24.8. The van der Waals surface area contributed by atoms with Gasteiger partial charge in [0.15, 0.2) is 0 Å². The fourth-order valence-corrected chi connectivity index (χ4v) is 2.69. The summed E-state index contributed by atoms with van der Waals surface area (Å²) in [5, 5.41) is 21.7. The lowest BCUT2D eigenvalue weighted by Crippen LogP contribution is -2.34. The highest BCUT2D eigenvalue weighted by atomic mass is 35.5. The minimum absolute atomic E-state index is 0. The highest BCUT2D eigenvalue weighted by Gasteiger charge is 2.19. The molecular weight excluding hydrogens is 524 g/mol. The molecule has 13 heteroatoms. The van der Waals surface area contributed by atoms with Crippen LogP contribution in [-0.2, 0) is 14.2 Å². The van der Waals surface area contributed by atoms with Crippen molar-refractivity contribution in [2.75, 3.05) is 40.5 Å². The number of ether oxygens (including phenoxy) is 5. The van der Waals surface area contributed by atoms with Gasteiger partial charge in [-0.1, -0.05) is 12.1 Å². The maximum atomic E-state index is 11.6. The van der Waals surface area contributed by atoms with E-state index >= 15 is 0 Å². The number of hydrogen-bond donors (Lipinski definition) is 4. The Kier molecular flexibility index (Phi) is 15.0. The van der Waals surface area contributed by atoms with E-state index in [1.54, 1.807) is 39.0 Å². The molecule has 0 saturated heterocycles. The average molecular weight is 559 g/mol. The Morgan fingerprint density at radius 2 is 1.29 bits per heavy atom. The lowest BCUT2D eigenvalue weighted by Gasteiger charge is -2.19. The molecule has 12 nitrogen and oxygen atoms in total. The van der Waals surface area contributed by atoms with Gasteiger partial charge in [0.2, 0.25) is 0 Å². The zero-order valence-corrected chi connectivity index (χ0v) is 22.8. The van der Waals surface area contributed by atoms with E-state index in [1.807, 2.05) is 0 Å². The van der Waals surface area contributed by atoms with Crippen LogP contribution in [0.2, 0.25) is 0 Å². The van der Waals surface area contributed by atoms with Gasteiger partial charge >= 0.3 is 18.0 Å². The van der Waals surface area contributed by atoms with Crippen LogP contribution in [0, 0.1) is 0 Å². The minimum atomic E-state index is -0.701. The van der Waals surface area contributed by atoms with E-state index in [-0.39, 0.29) is 66.3 Å². The number of esters is 2. The number of methoxy groups -OCH3 is 2. The van der Waals surface area contributed by atoms with Gasteiger partial charge in [0, 0.05) is 6.54 Å². The van der Waals surface area contributed by atoms with Gasteiger partial charge < -0.3 is 44.9 Å². The van der Waals surface area contributed by atoms with Crippen molar-refractivity contribution in [1.29, 1.82) is 0 Å². The molecule has 0 fully saturated rings. The zero-order chi connectivity index (χ0) is 28.0. The highest BCUT2D eigenvalue weighted by molar-refractivity contribution is 5.96. The summed E-state index contributed by atoms with van der Waals surface area (Å²) in [4.78, 5) is 34.4. The van der Waals surface area contributed by atoms with Crippen LogP contribution < -0.4 is 20.5 Å². The number of nitrogens with two attached hydrogens (primary N) is 1. The van der Waals surface area contributed by atoms with Crippen LogP contribution in [0.4, 0.5) is 4.79 Å². The molecule has 0 spiro atoms. The fourth-order valence-electron chi connectivity index (χ4n) is 2.69. The largest absolute Gasteiger partial charge is 0.507 e. The van der Waals surface area contributed by atoms with Crippen LogP contribution in [0.15, 0.2) is 36.4 Å². The number of halogens is 1. The molecule has 0 bridgehead atoms. The first kappa shape index (κ1) is 34.1. The number of carbonyl (C=O) groups is 3. The summed E-state index contributed by atoms with van der Waals surface area (Å²) in [7, 11) is 2.45. The van der Waals surface area contributed by atoms with Crippen molar-refractivity contribution in [3.8, 4) is 23.0 Å². The van der Waals surface area contributed by atoms with Crippen molar-refractivity contribution in [2.24, 2.45) is 5.73 Å². The first-order valence-electron chi connectivity index (χ1n) is 11.2. The van der Waals surface area contributed by atoms with Crippen molar-refractivity contribution in [3.05, 3.63) is 47.5 Å². The summed E-state index contributed by atoms with van der Waals surface area (Å²) in [6.07, 6.45) is -0.555. The third kappa shape index (κ3) is 11.4. The van der Waals surface area contributed by atoms with Crippen LogP contribution in [0.25, 0.3) is 0 Å². The monoisotopic (exact) mass is 558 g/mol. The second kappa shape index (κ2) is 16.8. The fraction of sp³-hybridized carbons (Fsp3) is 0.400. The second-order valence-corrected chi connectivity index (χ2v) is 8.20. The third-order valence-corrected chi connectivity index (χ3v) is 4.19. The number of benzene rings is 2. The molecule has 212 valence electrons. The molecular formula is C25H35ClN2O10. The Bertz CT molecular complexity index is 1060. The average Bonchev–Trinajstić information content (AvgIpc) is 2.84. The number of phenolic OH excluding ortho intramolecular Hbond substituents is 2. The molecule has 0 atom stereocenters. The van der Waals surface area contributed by atoms with Crippen LogP contribution in [-0.4, -0.2) is 74.4 Å². The van der Waals surface area contributed by atoms with Gasteiger partial charge in [-0.25, -0.2) is 14.4 Å². The zero-order valence-electron chi connectivity index (χ0n) is 21.9. The van der Waals surface area contributed by atoms with Crippen molar-refractivity contribution in [2.45, 2.75) is 26.4 Å². The minimum Gasteiger partial charge on any atom is -0.507 e. The van der Waals surface area contributed by atoms with Crippen molar-refractivity contribution >= 4 is 30.4 Å². The van der Waals surface area contributed by atoms with Gasteiger partial charge in [-0.05, 0) is 45.0 Å². The molecule has 0 radical (unpaired) electrons. The van der Waals surface area contributed by atoms with Crippen LogP contribution in [0.5, 0.6) is 23.0 Å². The Balaban J connectivity index is 0.000000750. The van der Waals surface area contributed by atoms with Crippen LogP contribution >= 0.6 is 12.4 Å². The summed E-state index contributed by atoms with van der Waals surface area (Å²) in [5.41, 5.74) is 4.66. The van der Waals surface area contributed by atoms with Crippen LogP contribution in [0.1, 0.15) is 41.5 Å². The third-order valence-electron chi connectivity index (χ3n) is 4.19. The number of carbonyl (C=O) groups excluding carboxylic acids is 3. The molecule has 0 saturated carbocycles. The molecule has 2 aromatic rings. The standard InChI is InChI=1S/C15H21NO6.C10H13NO4.ClH/c1-15(2,3)22-14(19)16-8-9-21-11-7-5-6-10(17)12(11)13(18)20-4;1-14-10(13)9-7(12)3-2-4-8(9)15-6-5-11;/h5-7,17H,8-9H2,1-4H3,(H,16,19);2-4,12H,5-6,11H2,1H3;1H. The molecule has 2 rings (SSSR count). The molecule has 0 aliphatic carbocycles. The molecule has 1 amide bonds. The summed E-state index contributed by atoms with van der Waals surface area (Å²) >= 11 is 0. The summed E-state index contributed by atoms with van der Waals surface area (Å²) in [6.45, 7) is 6.18. The molecule has 5 N–H and O–H groups in total. The molecule has 2 aromatic carbocycles. The maximum Gasteiger partial charge on any atom is 0.407 e. The van der Waals surface area contributed by atoms with E-state index in [9.17, 15) is 24.6 Å². The van der Waals surface area contributed by atoms with Gasteiger partial charge in [0.1, 0.15) is 52.9 Å². The Labute approximate surface area is 227 Å². The van der Waals surface area contributed by atoms with E-state index in [0.717, 1.165) is 0 Å². The Morgan fingerprint density at radius 1 is 0.842 bits per heavy atom. The van der Waals surface area contributed by atoms with Crippen molar-refractivity contribution in [1.82, 2.24) is 5.32 Å². The smallest absolute Gasteiger partial charge is 0.407 e. The maximum absolute atomic E-state index is 11.6. The van der Waals surface area contributed by atoms with E-state index in [1.165, 1.54) is 32.4 Å². The molecule has 0 aliphatic heterocycles. The molecule has 0 aliphatic rings. The second-order valence-electron chi connectivity index (χ2n) is 8.20. The first-order chi connectivity index (χ1) is 17.4. The predicted molar refractivity (Wildman–Crippen MR) is 140 cm³/mol. The van der Waals surface area contributed by atoms with Crippen molar-refractivity contribution < 1.29 is 48.3 Å². The van der Waals surface area contributed by atoms with Crippen LogP contribution in [0.3, 0.4) is 0 Å². The molecule has 0 unspecified atom stereocenters. The Hall–Kier alpha value is -3.90. The van der Waals surface area contributed by atoms with E-state index < -0.39 is 23.6 Å². The first-order valence-corrected chi connectivity index (χ1v) is 11.2. The lowest BCUT2D eigenvalue weighted by atomic mass is 10.2. The number of hydrogen-bond acceptors (Lipinski definition) is 11. The molecule has 0 aromatic heterocycles. The number of amides is 1. The van der Waals surface area contributed by atoms with E-state index in [0.29, 0.717) is 6.54 Å². The van der Waals surface area contributed by atoms with Gasteiger partial charge in [-0.2, -0.15) is 0 Å².